The predicted molar refractivity (Wildman–Crippen MR) is 112 cm³/mol. The van der Waals surface area contributed by atoms with Gasteiger partial charge in [0.2, 0.25) is 0 Å². The van der Waals surface area contributed by atoms with E-state index in [2.05, 4.69) is 20.4 Å². The molecule has 0 aliphatic rings. The lowest BCUT2D eigenvalue weighted by Gasteiger charge is -2.14. The lowest BCUT2D eigenvalue weighted by Crippen LogP contribution is -2.27. The van der Waals surface area contributed by atoms with Crippen molar-refractivity contribution in [3.63, 3.8) is 0 Å². The fourth-order valence-electron chi connectivity index (χ4n) is 3.14. The monoisotopic (exact) mass is 439 g/mol. The molecule has 158 valence electrons. The number of nitrogens with zero attached hydrogens (tertiary/aromatic N) is 4. The zero-order valence-corrected chi connectivity index (χ0v) is 17.5. The first-order valence-corrected chi connectivity index (χ1v) is 11.2. The summed E-state index contributed by atoms with van der Waals surface area (Å²) in [4.78, 5) is 21.0. The van der Waals surface area contributed by atoms with Crippen molar-refractivity contribution in [3.8, 4) is 5.69 Å². The van der Waals surface area contributed by atoms with Crippen molar-refractivity contribution in [2.45, 2.75) is 18.0 Å². The van der Waals surface area contributed by atoms with E-state index in [0.717, 1.165) is 6.26 Å². The minimum absolute atomic E-state index is 0.0306. The number of pyridine rings is 2. The molecule has 4 aromatic rings. The van der Waals surface area contributed by atoms with E-state index in [0.29, 0.717) is 27.7 Å². The molecule has 0 spiro atoms. The Kier molecular flexibility index (Phi) is 5.24. The molecule has 0 saturated heterocycles. The van der Waals surface area contributed by atoms with Gasteiger partial charge in [-0.1, -0.05) is 6.07 Å². The summed E-state index contributed by atoms with van der Waals surface area (Å²) in [5.41, 5.74) is 2.23. The summed E-state index contributed by atoms with van der Waals surface area (Å²) in [6.07, 6.45) is 7.10. The summed E-state index contributed by atoms with van der Waals surface area (Å²) >= 11 is 0. The van der Waals surface area contributed by atoms with E-state index in [-0.39, 0.29) is 16.8 Å². The first-order chi connectivity index (χ1) is 14.7. The Morgan fingerprint density at radius 2 is 1.81 bits per heavy atom. The van der Waals surface area contributed by atoms with Crippen molar-refractivity contribution < 1.29 is 17.6 Å². The van der Waals surface area contributed by atoms with Crippen LogP contribution in [0.3, 0.4) is 0 Å². The number of aromatic nitrogens is 4. The molecule has 0 unspecified atom stereocenters. The molecule has 3 heterocycles. The molecule has 1 amide bonds. The van der Waals surface area contributed by atoms with E-state index >= 15 is 0 Å². The van der Waals surface area contributed by atoms with E-state index in [1.54, 1.807) is 42.2 Å². The Morgan fingerprint density at radius 3 is 2.45 bits per heavy atom. The molecule has 0 bridgehead atoms. The van der Waals surface area contributed by atoms with E-state index < -0.39 is 15.9 Å². The third kappa shape index (κ3) is 4.15. The maximum Gasteiger partial charge on any atom is 0.254 e. The summed E-state index contributed by atoms with van der Waals surface area (Å²) < 4.78 is 37.9. The molecule has 0 aliphatic heterocycles. The van der Waals surface area contributed by atoms with Crippen LogP contribution >= 0.6 is 0 Å². The van der Waals surface area contributed by atoms with Gasteiger partial charge in [0.25, 0.3) is 5.91 Å². The van der Waals surface area contributed by atoms with Crippen LogP contribution in [0.15, 0.2) is 66.2 Å². The molecule has 1 atom stereocenters. The average molecular weight is 439 g/mol. The van der Waals surface area contributed by atoms with Gasteiger partial charge in [-0.3, -0.25) is 9.78 Å². The number of hydrogen-bond donors (Lipinski definition) is 1. The Morgan fingerprint density at radius 1 is 1.06 bits per heavy atom. The molecule has 31 heavy (non-hydrogen) atoms. The van der Waals surface area contributed by atoms with Crippen LogP contribution in [-0.2, 0) is 9.84 Å². The number of fused-ring (bicyclic) bond motifs is 1. The molecule has 0 radical (unpaired) electrons. The molecular weight excluding hydrogens is 421 g/mol. The molecular formula is C21H18FN5O3S. The highest BCUT2D eigenvalue weighted by molar-refractivity contribution is 7.90. The summed E-state index contributed by atoms with van der Waals surface area (Å²) in [6.45, 7) is 1.77. The molecule has 0 aliphatic carbocycles. The van der Waals surface area contributed by atoms with E-state index in [9.17, 15) is 17.6 Å². The lowest BCUT2D eigenvalue weighted by atomic mass is 10.1. The summed E-state index contributed by atoms with van der Waals surface area (Å²) in [6, 6.07) is 8.43. The minimum atomic E-state index is -3.40. The maximum absolute atomic E-state index is 13.2. The highest BCUT2D eigenvalue weighted by Gasteiger charge is 2.18. The number of hydrogen-bond acceptors (Lipinski definition) is 6. The SMILES string of the molecule is C[C@H](NC(=O)c1cncc2c1cnn2-c1ccc(F)cc1)c1ccc(S(C)(=O)=O)nc1. The zero-order chi connectivity index (χ0) is 22.2. The second kappa shape index (κ2) is 7.88. The second-order valence-corrected chi connectivity index (χ2v) is 9.01. The van der Waals surface area contributed by atoms with Gasteiger partial charge >= 0.3 is 0 Å². The molecule has 1 aromatic carbocycles. The van der Waals surface area contributed by atoms with Crippen molar-refractivity contribution in [3.05, 3.63) is 78.1 Å². The standard InChI is InChI=1S/C21H18FN5O3S/c1-13(14-3-8-20(24-9-14)31(2,29)30)26-21(28)18-10-23-12-19-17(18)11-25-27(19)16-6-4-15(22)5-7-16/h3-13H,1-2H3,(H,26,28)/t13-/m0/s1. The number of rotatable bonds is 5. The first-order valence-electron chi connectivity index (χ1n) is 9.28. The first kappa shape index (κ1) is 20.6. The zero-order valence-electron chi connectivity index (χ0n) is 16.7. The van der Waals surface area contributed by atoms with Gasteiger partial charge in [-0.05, 0) is 42.8 Å². The van der Waals surface area contributed by atoms with Gasteiger partial charge in [0, 0.05) is 24.0 Å². The van der Waals surface area contributed by atoms with Crippen LogP contribution in [0.2, 0.25) is 0 Å². The number of benzene rings is 1. The molecule has 4 rings (SSSR count). The number of carbonyl (C=O) groups is 1. The number of sulfone groups is 1. The van der Waals surface area contributed by atoms with Crippen molar-refractivity contribution >= 4 is 26.6 Å². The second-order valence-electron chi connectivity index (χ2n) is 7.05. The highest BCUT2D eigenvalue weighted by Crippen LogP contribution is 2.22. The van der Waals surface area contributed by atoms with Crippen LogP contribution in [-0.4, -0.2) is 40.3 Å². The van der Waals surface area contributed by atoms with Crippen LogP contribution in [0, 0.1) is 5.82 Å². The Hall–Kier alpha value is -3.66. The normalized spacial score (nSPS) is 12.6. The van der Waals surface area contributed by atoms with Gasteiger partial charge < -0.3 is 5.32 Å². The molecule has 3 aromatic heterocycles. The van der Waals surface area contributed by atoms with Crippen LogP contribution in [0.25, 0.3) is 16.6 Å². The number of halogens is 1. The average Bonchev–Trinajstić information content (AvgIpc) is 3.18. The van der Waals surface area contributed by atoms with Gasteiger partial charge in [-0.15, -0.1) is 0 Å². The van der Waals surface area contributed by atoms with Crippen molar-refractivity contribution in [1.82, 2.24) is 25.1 Å². The fourth-order valence-corrected chi connectivity index (χ4v) is 3.69. The van der Waals surface area contributed by atoms with Gasteiger partial charge in [-0.2, -0.15) is 5.10 Å². The molecule has 8 nitrogen and oxygen atoms in total. The summed E-state index contributed by atoms with van der Waals surface area (Å²) in [7, 11) is -3.40. The van der Waals surface area contributed by atoms with Crippen LogP contribution in [0.1, 0.15) is 28.9 Å². The molecule has 0 saturated carbocycles. The predicted octanol–water partition coefficient (Wildman–Crippen LogP) is 2.85. The van der Waals surface area contributed by atoms with Gasteiger partial charge in [0.15, 0.2) is 14.9 Å². The summed E-state index contributed by atoms with van der Waals surface area (Å²) in [5, 5.41) is 7.74. The van der Waals surface area contributed by atoms with Crippen molar-refractivity contribution in [2.75, 3.05) is 6.26 Å². The smallest absolute Gasteiger partial charge is 0.254 e. The Labute approximate surface area is 177 Å². The third-order valence-electron chi connectivity index (χ3n) is 4.80. The topological polar surface area (TPSA) is 107 Å². The minimum Gasteiger partial charge on any atom is -0.345 e. The number of amides is 1. The highest BCUT2D eigenvalue weighted by atomic mass is 32.2. The van der Waals surface area contributed by atoms with Crippen molar-refractivity contribution in [2.24, 2.45) is 0 Å². The van der Waals surface area contributed by atoms with E-state index in [1.807, 2.05) is 0 Å². The molecule has 1 N–H and O–H groups in total. The maximum atomic E-state index is 13.2. The van der Waals surface area contributed by atoms with Gasteiger partial charge in [0.1, 0.15) is 5.82 Å². The van der Waals surface area contributed by atoms with Crippen LogP contribution in [0.5, 0.6) is 0 Å². The van der Waals surface area contributed by atoms with E-state index in [1.165, 1.54) is 30.6 Å². The lowest BCUT2D eigenvalue weighted by molar-refractivity contribution is 0.0941. The summed E-state index contributed by atoms with van der Waals surface area (Å²) in [5.74, 6) is -0.720. The van der Waals surface area contributed by atoms with E-state index in [4.69, 9.17) is 0 Å². The molecule has 10 heteroatoms. The van der Waals surface area contributed by atoms with Gasteiger partial charge in [-0.25, -0.2) is 22.5 Å². The Balaban J connectivity index is 1.60. The number of carbonyl (C=O) groups excluding carboxylic acids is 1. The van der Waals surface area contributed by atoms with Gasteiger partial charge in [0.05, 0.1) is 35.2 Å². The Bertz CT molecular complexity index is 1370. The van der Waals surface area contributed by atoms with Crippen molar-refractivity contribution in [1.29, 1.82) is 0 Å². The molecule has 0 fully saturated rings. The third-order valence-corrected chi connectivity index (χ3v) is 5.80. The van der Waals surface area contributed by atoms with Crippen LogP contribution < -0.4 is 5.32 Å². The fraction of sp³-hybridized carbons (Fsp3) is 0.143. The quantitative estimate of drug-likeness (QED) is 0.512. The number of nitrogens with one attached hydrogen (secondary N) is 1. The largest absolute Gasteiger partial charge is 0.345 e. The van der Waals surface area contributed by atoms with Crippen LogP contribution in [0.4, 0.5) is 4.39 Å².